The third-order valence-corrected chi connectivity index (χ3v) is 2.98. The van der Waals surface area contributed by atoms with E-state index in [1.54, 1.807) is 6.07 Å². The molecular formula is C12H14F3NO. The highest BCUT2D eigenvalue weighted by Crippen LogP contribution is 2.31. The Morgan fingerprint density at radius 2 is 2.18 bits per heavy atom. The quantitative estimate of drug-likeness (QED) is 0.859. The number of anilines is 1. The van der Waals surface area contributed by atoms with E-state index in [4.69, 9.17) is 0 Å². The molecule has 0 fully saturated rings. The van der Waals surface area contributed by atoms with E-state index in [1.165, 1.54) is 12.1 Å². The van der Waals surface area contributed by atoms with Gasteiger partial charge in [0.25, 0.3) is 0 Å². The van der Waals surface area contributed by atoms with E-state index < -0.39 is 6.36 Å². The summed E-state index contributed by atoms with van der Waals surface area (Å²) in [7, 11) is 0. The summed E-state index contributed by atoms with van der Waals surface area (Å²) in [6.07, 6.45) is -2.66. The molecule has 1 aliphatic rings. The van der Waals surface area contributed by atoms with Crippen LogP contribution in [0.3, 0.4) is 0 Å². The minimum atomic E-state index is -4.63. The first-order valence-electron chi connectivity index (χ1n) is 5.60. The lowest BCUT2D eigenvalue weighted by Crippen LogP contribution is -2.23. The standard InChI is InChI=1S/C12H14F3NO/c1-2-8-5-9-3-4-10(17-12(13,14)15)6-11(9)16-7-8/h3-4,6,8,16H,2,5,7H2,1H3. The Bertz CT molecular complexity index is 403. The Morgan fingerprint density at radius 3 is 2.82 bits per heavy atom. The predicted octanol–water partition coefficient (Wildman–Crippen LogP) is 3.58. The molecule has 17 heavy (non-hydrogen) atoms. The SMILES string of the molecule is CCC1CNc2cc(OC(F)(F)F)ccc2C1. The molecule has 94 valence electrons. The van der Waals surface area contributed by atoms with Gasteiger partial charge in [-0.15, -0.1) is 13.2 Å². The summed E-state index contributed by atoms with van der Waals surface area (Å²) in [5, 5.41) is 3.14. The molecule has 0 aliphatic carbocycles. The second-order valence-corrected chi connectivity index (χ2v) is 4.23. The van der Waals surface area contributed by atoms with E-state index in [9.17, 15) is 13.2 Å². The van der Waals surface area contributed by atoms with Gasteiger partial charge < -0.3 is 10.1 Å². The fraction of sp³-hybridized carbons (Fsp3) is 0.500. The minimum Gasteiger partial charge on any atom is -0.406 e. The molecule has 2 rings (SSSR count). The van der Waals surface area contributed by atoms with Crippen LogP contribution in [0.4, 0.5) is 18.9 Å². The molecule has 1 N–H and O–H groups in total. The number of alkyl halides is 3. The van der Waals surface area contributed by atoms with Crippen LogP contribution in [0, 0.1) is 5.92 Å². The normalized spacial score (nSPS) is 19.4. The highest BCUT2D eigenvalue weighted by molar-refractivity contribution is 5.57. The summed E-state index contributed by atoms with van der Waals surface area (Å²) < 4.78 is 40.0. The van der Waals surface area contributed by atoms with Crippen molar-refractivity contribution in [2.75, 3.05) is 11.9 Å². The van der Waals surface area contributed by atoms with Crippen LogP contribution < -0.4 is 10.1 Å². The summed E-state index contributed by atoms with van der Waals surface area (Å²) in [6.45, 7) is 2.91. The number of halogens is 3. The first-order valence-corrected chi connectivity index (χ1v) is 5.60. The Labute approximate surface area is 97.8 Å². The van der Waals surface area contributed by atoms with Crippen LogP contribution in [-0.4, -0.2) is 12.9 Å². The summed E-state index contributed by atoms with van der Waals surface area (Å²) in [6, 6.07) is 4.48. The molecule has 1 aliphatic heterocycles. The largest absolute Gasteiger partial charge is 0.573 e. The molecule has 0 radical (unpaired) electrons. The first kappa shape index (κ1) is 12.1. The third-order valence-electron chi connectivity index (χ3n) is 2.98. The van der Waals surface area contributed by atoms with Gasteiger partial charge in [0.15, 0.2) is 0 Å². The fourth-order valence-corrected chi connectivity index (χ4v) is 2.02. The lowest BCUT2D eigenvalue weighted by atomic mass is 9.92. The molecule has 0 aromatic heterocycles. The van der Waals surface area contributed by atoms with E-state index in [-0.39, 0.29) is 5.75 Å². The van der Waals surface area contributed by atoms with Gasteiger partial charge in [-0.3, -0.25) is 0 Å². The minimum absolute atomic E-state index is 0.168. The molecule has 0 saturated carbocycles. The zero-order valence-corrected chi connectivity index (χ0v) is 9.47. The number of fused-ring (bicyclic) bond motifs is 1. The van der Waals surface area contributed by atoms with Gasteiger partial charge in [0.1, 0.15) is 5.75 Å². The number of hydrogen-bond donors (Lipinski definition) is 1. The summed E-state index contributed by atoms with van der Waals surface area (Å²) in [5.74, 6) is 0.385. The topological polar surface area (TPSA) is 21.3 Å². The Balaban J connectivity index is 2.16. The van der Waals surface area contributed by atoms with Crippen LogP contribution in [0.25, 0.3) is 0 Å². The Hall–Kier alpha value is -1.39. The van der Waals surface area contributed by atoms with Gasteiger partial charge in [0, 0.05) is 18.3 Å². The molecule has 0 saturated heterocycles. The lowest BCUT2D eigenvalue weighted by molar-refractivity contribution is -0.274. The van der Waals surface area contributed by atoms with Gasteiger partial charge in [0.05, 0.1) is 0 Å². The monoisotopic (exact) mass is 245 g/mol. The average Bonchev–Trinajstić information content (AvgIpc) is 2.26. The van der Waals surface area contributed by atoms with Crippen molar-refractivity contribution in [2.45, 2.75) is 26.1 Å². The molecule has 0 amide bonds. The van der Waals surface area contributed by atoms with Crippen LogP contribution in [0.2, 0.25) is 0 Å². The van der Waals surface area contributed by atoms with E-state index in [0.717, 1.165) is 30.6 Å². The van der Waals surface area contributed by atoms with Gasteiger partial charge in [-0.2, -0.15) is 0 Å². The van der Waals surface area contributed by atoms with Crippen molar-refractivity contribution in [3.05, 3.63) is 23.8 Å². The molecule has 1 unspecified atom stereocenters. The van der Waals surface area contributed by atoms with Crippen LogP contribution in [0.15, 0.2) is 18.2 Å². The smallest absolute Gasteiger partial charge is 0.406 e. The van der Waals surface area contributed by atoms with Crippen LogP contribution in [0.1, 0.15) is 18.9 Å². The van der Waals surface area contributed by atoms with E-state index in [0.29, 0.717) is 5.92 Å². The van der Waals surface area contributed by atoms with Crippen molar-refractivity contribution in [1.29, 1.82) is 0 Å². The van der Waals surface area contributed by atoms with Crippen molar-refractivity contribution in [3.63, 3.8) is 0 Å². The maximum atomic E-state index is 12.0. The van der Waals surface area contributed by atoms with E-state index in [1.807, 2.05) is 0 Å². The Kier molecular flexibility index (Phi) is 3.17. The van der Waals surface area contributed by atoms with Crippen LogP contribution in [-0.2, 0) is 6.42 Å². The Morgan fingerprint density at radius 1 is 1.41 bits per heavy atom. The van der Waals surface area contributed by atoms with Crippen molar-refractivity contribution >= 4 is 5.69 Å². The molecule has 1 aromatic carbocycles. The number of benzene rings is 1. The second-order valence-electron chi connectivity index (χ2n) is 4.23. The maximum absolute atomic E-state index is 12.0. The second kappa shape index (κ2) is 4.47. The highest BCUT2D eigenvalue weighted by Gasteiger charge is 2.31. The van der Waals surface area contributed by atoms with E-state index in [2.05, 4.69) is 17.0 Å². The number of rotatable bonds is 2. The van der Waals surface area contributed by atoms with Gasteiger partial charge in [0.2, 0.25) is 0 Å². The number of hydrogen-bond acceptors (Lipinski definition) is 2. The fourth-order valence-electron chi connectivity index (χ4n) is 2.02. The van der Waals surface area contributed by atoms with Gasteiger partial charge >= 0.3 is 6.36 Å². The van der Waals surface area contributed by atoms with Gasteiger partial charge in [-0.1, -0.05) is 19.4 Å². The van der Waals surface area contributed by atoms with Crippen LogP contribution in [0.5, 0.6) is 5.75 Å². The molecular weight excluding hydrogens is 231 g/mol. The third kappa shape index (κ3) is 3.05. The van der Waals surface area contributed by atoms with Crippen LogP contribution >= 0.6 is 0 Å². The first-order chi connectivity index (χ1) is 7.98. The summed E-state index contributed by atoms with van der Waals surface area (Å²) in [4.78, 5) is 0. The number of ether oxygens (including phenoxy) is 1. The molecule has 0 spiro atoms. The van der Waals surface area contributed by atoms with E-state index >= 15 is 0 Å². The molecule has 0 bridgehead atoms. The molecule has 1 atom stereocenters. The van der Waals surface area contributed by atoms with Gasteiger partial charge in [-0.25, -0.2) is 0 Å². The maximum Gasteiger partial charge on any atom is 0.573 e. The molecule has 2 nitrogen and oxygen atoms in total. The zero-order chi connectivity index (χ0) is 12.5. The lowest BCUT2D eigenvalue weighted by Gasteiger charge is -2.25. The number of nitrogens with one attached hydrogen (secondary N) is 1. The summed E-state index contributed by atoms with van der Waals surface area (Å²) in [5.41, 5.74) is 1.80. The molecule has 5 heteroatoms. The zero-order valence-electron chi connectivity index (χ0n) is 9.47. The van der Waals surface area contributed by atoms with Gasteiger partial charge in [-0.05, 0) is 24.0 Å². The summed E-state index contributed by atoms with van der Waals surface area (Å²) >= 11 is 0. The predicted molar refractivity (Wildman–Crippen MR) is 59.1 cm³/mol. The van der Waals surface area contributed by atoms with Crippen molar-refractivity contribution in [1.82, 2.24) is 0 Å². The van der Waals surface area contributed by atoms with Crippen molar-refractivity contribution < 1.29 is 17.9 Å². The average molecular weight is 245 g/mol. The molecule has 1 heterocycles. The van der Waals surface area contributed by atoms with Crippen molar-refractivity contribution in [2.24, 2.45) is 5.92 Å². The van der Waals surface area contributed by atoms with Crippen molar-refractivity contribution in [3.8, 4) is 5.75 Å². The molecule has 1 aromatic rings. The highest BCUT2D eigenvalue weighted by atomic mass is 19.4.